The van der Waals surface area contributed by atoms with E-state index in [1.165, 1.54) is 24.5 Å². The molecule has 2 N–H and O–H groups in total. The van der Waals surface area contributed by atoms with Crippen LogP contribution in [0.3, 0.4) is 0 Å². The van der Waals surface area contributed by atoms with Crippen LogP contribution in [0.4, 0.5) is 30.5 Å². The molecule has 0 aliphatic carbocycles. The van der Waals surface area contributed by atoms with Crippen molar-refractivity contribution < 1.29 is 18.0 Å². The van der Waals surface area contributed by atoms with E-state index >= 15 is 0 Å². The van der Waals surface area contributed by atoms with Gasteiger partial charge in [0, 0.05) is 23.8 Å². The van der Waals surface area contributed by atoms with Gasteiger partial charge in [0.25, 0.3) is 5.91 Å². The summed E-state index contributed by atoms with van der Waals surface area (Å²) in [6.07, 6.45) is -0.907. The summed E-state index contributed by atoms with van der Waals surface area (Å²) in [6, 6.07) is 12.0. The van der Waals surface area contributed by atoms with Gasteiger partial charge in [-0.1, -0.05) is 25.1 Å². The van der Waals surface area contributed by atoms with Crippen LogP contribution < -0.4 is 10.6 Å². The van der Waals surface area contributed by atoms with E-state index in [1.54, 1.807) is 0 Å². The van der Waals surface area contributed by atoms with Gasteiger partial charge >= 0.3 is 6.18 Å². The molecule has 5 nitrogen and oxygen atoms in total. The number of hydrogen-bond acceptors (Lipinski definition) is 4. The van der Waals surface area contributed by atoms with Crippen molar-refractivity contribution in [3.63, 3.8) is 0 Å². The second-order valence-corrected chi connectivity index (χ2v) is 5.96. The van der Waals surface area contributed by atoms with Gasteiger partial charge in [0.1, 0.15) is 0 Å². The zero-order chi connectivity index (χ0) is 20.1. The van der Waals surface area contributed by atoms with E-state index in [0.29, 0.717) is 5.69 Å². The third-order valence-electron chi connectivity index (χ3n) is 4.03. The van der Waals surface area contributed by atoms with Crippen molar-refractivity contribution in [3.8, 4) is 0 Å². The van der Waals surface area contributed by atoms with E-state index in [9.17, 15) is 18.0 Å². The minimum absolute atomic E-state index is 0.172. The summed E-state index contributed by atoms with van der Waals surface area (Å²) in [5.41, 5.74) is 1.67. The van der Waals surface area contributed by atoms with Gasteiger partial charge in [-0.2, -0.15) is 13.2 Å². The second kappa shape index (κ2) is 8.08. The van der Waals surface area contributed by atoms with Gasteiger partial charge in [0.15, 0.2) is 0 Å². The normalized spacial score (nSPS) is 11.1. The number of benzene rings is 2. The lowest BCUT2D eigenvalue weighted by Crippen LogP contribution is -2.14. The van der Waals surface area contributed by atoms with E-state index in [2.05, 4.69) is 20.6 Å². The Kier molecular flexibility index (Phi) is 5.58. The molecule has 3 rings (SSSR count). The summed E-state index contributed by atoms with van der Waals surface area (Å²) in [5.74, 6) is -0.174. The number of hydrogen-bond donors (Lipinski definition) is 2. The van der Waals surface area contributed by atoms with Gasteiger partial charge in [-0.3, -0.25) is 4.79 Å². The van der Waals surface area contributed by atoms with Crippen LogP contribution in [0.25, 0.3) is 0 Å². The predicted octanol–water partition coefficient (Wildman–Crippen LogP) is 5.05. The summed E-state index contributed by atoms with van der Waals surface area (Å²) in [5, 5.41) is 5.62. The van der Waals surface area contributed by atoms with E-state index in [-0.39, 0.29) is 17.4 Å². The number of alkyl halides is 3. The summed E-state index contributed by atoms with van der Waals surface area (Å²) < 4.78 is 37.8. The first-order chi connectivity index (χ1) is 13.4. The van der Waals surface area contributed by atoms with Crippen LogP contribution in [-0.4, -0.2) is 15.9 Å². The first-order valence-corrected chi connectivity index (χ1v) is 8.52. The van der Waals surface area contributed by atoms with Crippen molar-refractivity contribution in [1.29, 1.82) is 0 Å². The van der Waals surface area contributed by atoms with Crippen molar-refractivity contribution in [1.82, 2.24) is 9.97 Å². The molecule has 1 amide bonds. The number of rotatable bonds is 5. The molecule has 2 aromatic carbocycles. The Balaban J connectivity index is 1.67. The molecule has 0 saturated carbocycles. The lowest BCUT2D eigenvalue weighted by atomic mass is 10.1. The van der Waals surface area contributed by atoms with Crippen molar-refractivity contribution in [2.75, 3.05) is 10.6 Å². The van der Waals surface area contributed by atoms with E-state index in [4.69, 9.17) is 0 Å². The molecule has 0 unspecified atom stereocenters. The average Bonchev–Trinajstić information content (AvgIpc) is 2.68. The lowest BCUT2D eigenvalue weighted by Gasteiger charge is -2.10. The highest BCUT2D eigenvalue weighted by Gasteiger charge is 2.29. The first kappa shape index (κ1) is 19.3. The minimum Gasteiger partial charge on any atom is -0.324 e. The Bertz CT molecular complexity index is 954. The number of aromatic nitrogens is 2. The van der Waals surface area contributed by atoms with Crippen LogP contribution in [0.1, 0.15) is 28.4 Å². The fourth-order valence-electron chi connectivity index (χ4n) is 2.53. The van der Waals surface area contributed by atoms with Crippen molar-refractivity contribution in [2.24, 2.45) is 0 Å². The van der Waals surface area contributed by atoms with Crippen molar-refractivity contribution >= 4 is 23.2 Å². The Morgan fingerprint density at radius 1 is 1.00 bits per heavy atom. The van der Waals surface area contributed by atoms with Crippen LogP contribution >= 0.6 is 0 Å². The van der Waals surface area contributed by atoms with E-state index in [1.807, 2.05) is 31.2 Å². The molecule has 0 saturated heterocycles. The van der Waals surface area contributed by atoms with E-state index < -0.39 is 11.7 Å². The Morgan fingerprint density at radius 2 is 1.64 bits per heavy atom. The quantitative estimate of drug-likeness (QED) is 0.644. The maximum absolute atomic E-state index is 12.6. The highest BCUT2D eigenvalue weighted by Crippen LogP contribution is 2.30. The average molecular weight is 386 g/mol. The molecule has 0 aliphatic rings. The Hall–Kier alpha value is -3.42. The molecule has 144 valence electrons. The molecule has 0 radical (unpaired) electrons. The zero-order valence-corrected chi connectivity index (χ0v) is 14.9. The number of nitrogens with one attached hydrogen (secondary N) is 2. The molecule has 1 heterocycles. The minimum atomic E-state index is -4.39. The van der Waals surface area contributed by atoms with Crippen LogP contribution in [0, 0.1) is 0 Å². The molecule has 0 aliphatic heterocycles. The number of carbonyl (C=O) groups excluding carboxylic acids is 1. The van der Waals surface area contributed by atoms with Gasteiger partial charge in [-0.15, -0.1) is 0 Å². The maximum Gasteiger partial charge on any atom is 0.416 e. The molecule has 8 heteroatoms. The topological polar surface area (TPSA) is 66.9 Å². The summed E-state index contributed by atoms with van der Waals surface area (Å²) in [7, 11) is 0. The summed E-state index contributed by atoms with van der Waals surface area (Å²) >= 11 is 0. The summed E-state index contributed by atoms with van der Waals surface area (Å²) in [4.78, 5) is 20.5. The maximum atomic E-state index is 12.6. The largest absolute Gasteiger partial charge is 0.416 e. The van der Waals surface area contributed by atoms with Gasteiger partial charge < -0.3 is 10.6 Å². The predicted molar refractivity (Wildman–Crippen MR) is 101 cm³/mol. The van der Waals surface area contributed by atoms with Crippen LogP contribution in [0.5, 0.6) is 0 Å². The first-order valence-electron chi connectivity index (χ1n) is 8.52. The number of carbonyl (C=O) groups is 1. The Morgan fingerprint density at radius 3 is 2.25 bits per heavy atom. The van der Waals surface area contributed by atoms with Crippen molar-refractivity contribution in [2.45, 2.75) is 19.5 Å². The molecule has 28 heavy (non-hydrogen) atoms. The lowest BCUT2D eigenvalue weighted by molar-refractivity contribution is -0.137. The van der Waals surface area contributed by atoms with Crippen LogP contribution in [0.2, 0.25) is 0 Å². The standard InChI is InChI=1S/C20H17F3N4O/c1-2-13-5-3-4-6-17(13)27-18(28)14-11-24-19(25-12-14)26-16-9-7-15(8-10-16)20(21,22)23/h3-12H,2H2,1H3,(H,27,28)(H,24,25,26). The summed E-state index contributed by atoms with van der Waals surface area (Å²) in [6.45, 7) is 2.00. The smallest absolute Gasteiger partial charge is 0.324 e. The fourth-order valence-corrected chi connectivity index (χ4v) is 2.53. The van der Waals surface area contributed by atoms with Gasteiger partial charge in [-0.25, -0.2) is 9.97 Å². The number of para-hydroxylation sites is 1. The third-order valence-corrected chi connectivity index (χ3v) is 4.03. The molecule has 0 bridgehead atoms. The van der Waals surface area contributed by atoms with Gasteiger partial charge in [0.05, 0.1) is 11.1 Å². The zero-order valence-electron chi connectivity index (χ0n) is 14.9. The number of halogens is 3. The molecule has 0 spiro atoms. The molecular weight excluding hydrogens is 369 g/mol. The number of anilines is 3. The molecular formula is C20H17F3N4O. The third kappa shape index (κ3) is 4.64. The number of amides is 1. The molecule has 0 fully saturated rings. The van der Waals surface area contributed by atoms with Crippen molar-refractivity contribution in [3.05, 3.63) is 77.6 Å². The highest BCUT2D eigenvalue weighted by atomic mass is 19.4. The van der Waals surface area contributed by atoms with Crippen LogP contribution in [-0.2, 0) is 12.6 Å². The highest BCUT2D eigenvalue weighted by molar-refractivity contribution is 6.04. The van der Waals surface area contributed by atoms with Gasteiger partial charge in [0.2, 0.25) is 5.95 Å². The molecule has 1 aromatic heterocycles. The number of aryl methyl sites for hydroxylation is 1. The second-order valence-electron chi connectivity index (χ2n) is 5.96. The molecule has 3 aromatic rings. The SMILES string of the molecule is CCc1ccccc1NC(=O)c1cnc(Nc2ccc(C(F)(F)F)cc2)nc1. The van der Waals surface area contributed by atoms with E-state index in [0.717, 1.165) is 29.8 Å². The Labute approximate surface area is 159 Å². The van der Waals surface area contributed by atoms with Gasteiger partial charge in [-0.05, 0) is 42.3 Å². The fraction of sp³-hybridized carbons (Fsp3) is 0.150. The molecule has 0 atom stereocenters. The monoisotopic (exact) mass is 386 g/mol. The van der Waals surface area contributed by atoms with Crippen LogP contribution in [0.15, 0.2) is 60.9 Å². The number of nitrogens with zero attached hydrogens (tertiary/aromatic N) is 2.